The lowest BCUT2D eigenvalue weighted by molar-refractivity contribution is 1.02. The third kappa shape index (κ3) is 2.20. The highest BCUT2D eigenvalue weighted by atomic mass is 127. The minimum absolute atomic E-state index is 0.939. The van der Waals surface area contributed by atoms with Gasteiger partial charge in [-0.3, -0.25) is 4.98 Å². The van der Waals surface area contributed by atoms with Gasteiger partial charge in [0.25, 0.3) is 0 Å². The van der Waals surface area contributed by atoms with Crippen LogP contribution in [0, 0.1) is 17.4 Å². The molecule has 3 heteroatoms. The van der Waals surface area contributed by atoms with Crippen molar-refractivity contribution in [1.82, 2.24) is 4.98 Å². The number of nitrogens with zero attached hydrogens (tertiary/aromatic N) is 1. The molecular weight excluding hydrogens is 335 g/mol. The van der Waals surface area contributed by atoms with Crippen LogP contribution >= 0.6 is 22.6 Å². The number of aryl methyl sites for hydroxylation is 2. The molecule has 1 aromatic carbocycles. The first kappa shape index (κ1) is 13.6. The molecule has 1 aromatic heterocycles. The quantitative estimate of drug-likeness (QED) is 0.824. The van der Waals surface area contributed by atoms with Gasteiger partial charge in [-0.1, -0.05) is 6.92 Å². The molecule has 0 aliphatic carbocycles. The van der Waals surface area contributed by atoms with Crippen molar-refractivity contribution in [3.63, 3.8) is 0 Å². The van der Waals surface area contributed by atoms with E-state index in [4.69, 9.17) is 4.98 Å². The highest BCUT2D eigenvalue weighted by Gasteiger charge is 2.12. The number of rotatable bonds is 3. The Balaban J connectivity index is 2.85. The molecule has 96 valence electrons. The first-order valence-corrected chi connectivity index (χ1v) is 7.50. The zero-order valence-electron chi connectivity index (χ0n) is 11.4. The molecular formula is C15H19IN2. The van der Waals surface area contributed by atoms with E-state index in [2.05, 4.69) is 67.7 Å². The van der Waals surface area contributed by atoms with Gasteiger partial charge in [0.1, 0.15) is 0 Å². The van der Waals surface area contributed by atoms with Crippen LogP contribution in [0.15, 0.2) is 12.1 Å². The third-order valence-corrected chi connectivity index (χ3v) is 4.55. The van der Waals surface area contributed by atoms with Crippen LogP contribution in [0.5, 0.6) is 0 Å². The van der Waals surface area contributed by atoms with Gasteiger partial charge in [0.05, 0.1) is 5.52 Å². The Bertz CT molecular complexity index is 591. The third-order valence-electron chi connectivity index (χ3n) is 3.38. The predicted molar refractivity (Wildman–Crippen MR) is 87.5 cm³/mol. The Morgan fingerprint density at radius 1 is 1.17 bits per heavy atom. The van der Waals surface area contributed by atoms with E-state index in [1.54, 1.807) is 0 Å². The fourth-order valence-electron chi connectivity index (χ4n) is 2.34. The van der Waals surface area contributed by atoms with E-state index in [1.165, 1.54) is 31.5 Å². The summed E-state index contributed by atoms with van der Waals surface area (Å²) in [6, 6.07) is 4.35. The molecule has 1 heterocycles. The highest BCUT2D eigenvalue weighted by molar-refractivity contribution is 14.1. The number of nitrogens with one attached hydrogen (secondary N) is 1. The van der Waals surface area contributed by atoms with Gasteiger partial charge in [0.15, 0.2) is 0 Å². The molecule has 0 spiro atoms. The van der Waals surface area contributed by atoms with E-state index in [9.17, 15) is 0 Å². The van der Waals surface area contributed by atoms with E-state index >= 15 is 0 Å². The standard InChI is InChI=1S/C15H19IN2/c1-5-13-10(4)14(17-6-2)11-7-8-12(16)9(3)15(11)18-13/h7-8H,5-6H2,1-4H3,(H,17,18). The molecule has 2 aromatic rings. The van der Waals surface area contributed by atoms with Crippen molar-refractivity contribution in [2.45, 2.75) is 34.1 Å². The zero-order valence-corrected chi connectivity index (χ0v) is 13.6. The number of anilines is 1. The topological polar surface area (TPSA) is 24.9 Å². The van der Waals surface area contributed by atoms with Gasteiger partial charge in [-0.05, 0) is 73.0 Å². The summed E-state index contributed by atoms with van der Waals surface area (Å²) in [6.07, 6.45) is 0.977. The van der Waals surface area contributed by atoms with Crippen LogP contribution < -0.4 is 5.32 Å². The van der Waals surface area contributed by atoms with Crippen molar-refractivity contribution in [3.8, 4) is 0 Å². The van der Waals surface area contributed by atoms with Crippen molar-refractivity contribution < 1.29 is 0 Å². The van der Waals surface area contributed by atoms with Crippen molar-refractivity contribution in [1.29, 1.82) is 0 Å². The largest absolute Gasteiger partial charge is 0.385 e. The average Bonchev–Trinajstić information content (AvgIpc) is 2.37. The van der Waals surface area contributed by atoms with E-state index < -0.39 is 0 Å². The van der Waals surface area contributed by atoms with Gasteiger partial charge in [0, 0.05) is 26.9 Å². The lowest BCUT2D eigenvalue weighted by atomic mass is 10.0. The monoisotopic (exact) mass is 354 g/mol. The van der Waals surface area contributed by atoms with Gasteiger partial charge in [-0.2, -0.15) is 0 Å². The molecule has 0 saturated carbocycles. The van der Waals surface area contributed by atoms with Crippen LogP contribution in [0.3, 0.4) is 0 Å². The molecule has 0 unspecified atom stereocenters. The Hall–Kier alpha value is -0.840. The molecule has 0 bridgehead atoms. The fraction of sp³-hybridized carbons (Fsp3) is 0.400. The summed E-state index contributed by atoms with van der Waals surface area (Å²) in [6.45, 7) is 9.56. The minimum atomic E-state index is 0.939. The molecule has 0 aliphatic heterocycles. The fourth-order valence-corrected chi connectivity index (χ4v) is 2.77. The summed E-state index contributed by atoms with van der Waals surface area (Å²) in [7, 11) is 0. The Labute approximate surface area is 122 Å². The molecule has 1 N–H and O–H groups in total. The van der Waals surface area contributed by atoms with Crippen LogP contribution in [-0.2, 0) is 6.42 Å². The number of benzene rings is 1. The Morgan fingerprint density at radius 2 is 1.89 bits per heavy atom. The summed E-state index contributed by atoms with van der Waals surface area (Å²) in [4.78, 5) is 4.85. The minimum Gasteiger partial charge on any atom is -0.385 e. The first-order chi connectivity index (χ1) is 8.60. The Kier molecular flexibility index (Phi) is 4.10. The van der Waals surface area contributed by atoms with Crippen LogP contribution in [0.4, 0.5) is 5.69 Å². The molecule has 0 fully saturated rings. The van der Waals surface area contributed by atoms with E-state index in [0.717, 1.165) is 18.5 Å². The van der Waals surface area contributed by atoms with Crippen LogP contribution in [-0.4, -0.2) is 11.5 Å². The SMILES string of the molecule is CCNc1c(C)c(CC)nc2c(C)c(I)ccc12. The van der Waals surface area contributed by atoms with Crippen molar-refractivity contribution >= 4 is 39.2 Å². The number of pyridine rings is 1. The maximum atomic E-state index is 4.85. The van der Waals surface area contributed by atoms with Crippen molar-refractivity contribution in [2.75, 3.05) is 11.9 Å². The van der Waals surface area contributed by atoms with Crippen LogP contribution in [0.25, 0.3) is 10.9 Å². The summed E-state index contributed by atoms with van der Waals surface area (Å²) < 4.78 is 1.28. The number of halogens is 1. The van der Waals surface area contributed by atoms with Crippen molar-refractivity contribution in [3.05, 3.63) is 32.5 Å². The summed E-state index contributed by atoms with van der Waals surface area (Å²) in [5.74, 6) is 0. The van der Waals surface area contributed by atoms with Gasteiger partial charge in [0.2, 0.25) is 0 Å². The molecule has 0 amide bonds. The highest BCUT2D eigenvalue weighted by Crippen LogP contribution is 2.31. The first-order valence-electron chi connectivity index (χ1n) is 6.42. The van der Waals surface area contributed by atoms with Crippen LogP contribution in [0.1, 0.15) is 30.7 Å². The van der Waals surface area contributed by atoms with Gasteiger partial charge in [-0.15, -0.1) is 0 Å². The molecule has 0 atom stereocenters. The molecule has 0 radical (unpaired) electrons. The number of aromatic nitrogens is 1. The van der Waals surface area contributed by atoms with Crippen LogP contribution in [0.2, 0.25) is 0 Å². The summed E-state index contributed by atoms with van der Waals surface area (Å²) in [5.41, 5.74) is 6.15. The maximum Gasteiger partial charge on any atom is 0.0765 e. The maximum absolute atomic E-state index is 4.85. The lowest BCUT2D eigenvalue weighted by Gasteiger charge is -2.16. The van der Waals surface area contributed by atoms with Crippen molar-refractivity contribution in [2.24, 2.45) is 0 Å². The predicted octanol–water partition coefficient (Wildman–Crippen LogP) is 4.45. The van der Waals surface area contributed by atoms with E-state index in [0.29, 0.717) is 0 Å². The lowest BCUT2D eigenvalue weighted by Crippen LogP contribution is -2.05. The van der Waals surface area contributed by atoms with E-state index in [-0.39, 0.29) is 0 Å². The Morgan fingerprint density at radius 3 is 2.50 bits per heavy atom. The molecule has 2 nitrogen and oxygen atoms in total. The number of hydrogen-bond acceptors (Lipinski definition) is 2. The molecule has 0 saturated heterocycles. The van der Waals surface area contributed by atoms with Gasteiger partial charge < -0.3 is 5.32 Å². The molecule has 2 rings (SSSR count). The summed E-state index contributed by atoms with van der Waals surface area (Å²) in [5, 5.41) is 4.74. The van der Waals surface area contributed by atoms with Gasteiger partial charge in [-0.25, -0.2) is 0 Å². The summed E-state index contributed by atoms with van der Waals surface area (Å²) >= 11 is 2.38. The zero-order chi connectivity index (χ0) is 13.3. The average molecular weight is 354 g/mol. The normalized spacial score (nSPS) is 10.9. The van der Waals surface area contributed by atoms with Gasteiger partial charge >= 0.3 is 0 Å². The smallest absolute Gasteiger partial charge is 0.0765 e. The second kappa shape index (κ2) is 5.43. The molecule has 0 aliphatic rings. The second-order valence-electron chi connectivity index (χ2n) is 4.51. The van der Waals surface area contributed by atoms with E-state index in [1.807, 2.05) is 0 Å². The number of hydrogen-bond donors (Lipinski definition) is 1. The molecule has 18 heavy (non-hydrogen) atoms. The number of fused-ring (bicyclic) bond motifs is 1. The second-order valence-corrected chi connectivity index (χ2v) is 5.67.